The van der Waals surface area contributed by atoms with Crippen molar-refractivity contribution in [1.29, 1.82) is 0 Å². The fourth-order valence-corrected chi connectivity index (χ4v) is 5.78. The number of nitrogens with zero attached hydrogens (tertiary/aromatic N) is 7. The molecule has 2 amide bonds. The van der Waals surface area contributed by atoms with E-state index < -0.39 is 24.2 Å². The van der Waals surface area contributed by atoms with Crippen molar-refractivity contribution in [3.63, 3.8) is 0 Å². The predicted molar refractivity (Wildman–Crippen MR) is 152 cm³/mol. The number of fused-ring (bicyclic) bond motifs is 2. The Bertz CT molecular complexity index is 1720. The number of amides is 2. The van der Waals surface area contributed by atoms with Crippen LogP contribution < -0.4 is 0 Å². The summed E-state index contributed by atoms with van der Waals surface area (Å²) in [5.41, 5.74) is 2.54. The molecule has 1 saturated heterocycles. The second-order valence-electron chi connectivity index (χ2n) is 12.1. The topological polar surface area (TPSA) is 98.4 Å². The van der Waals surface area contributed by atoms with Crippen LogP contribution in [0.5, 0.6) is 0 Å². The number of rotatable bonds is 4. The number of benzene rings is 1. The van der Waals surface area contributed by atoms with Gasteiger partial charge in [-0.1, -0.05) is 12.1 Å². The van der Waals surface area contributed by atoms with Crippen LogP contribution in [0.2, 0.25) is 0 Å². The number of likely N-dealkylation sites (N-methyl/N-ethyl adjacent to an activating group) is 1. The number of aryl methyl sites for hydroxylation is 1. The fourth-order valence-electron chi connectivity index (χ4n) is 5.78. The summed E-state index contributed by atoms with van der Waals surface area (Å²) in [4.78, 5) is 38.6. The molecule has 0 saturated carbocycles. The van der Waals surface area contributed by atoms with E-state index in [4.69, 9.17) is 9.72 Å². The van der Waals surface area contributed by atoms with E-state index >= 15 is 0 Å². The largest absolute Gasteiger partial charge is 0.444 e. The first-order valence-corrected chi connectivity index (χ1v) is 13.9. The van der Waals surface area contributed by atoms with Crippen molar-refractivity contribution in [1.82, 2.24) is 34.1 Å². The van der Waals surface area contributed by atoms with Crippen LogP contribution in [0.1, 0.15) is 63.2 Å². The average molecular weight is 578 g/mol. The highest BCUT2D eigenvalue weighted by atomic mass is 19.3. The Balaban J connectivity index is 1.46. The third kappa shape index (κ3) is 4.68. The molecule has 2 aliphatic heterocycles. The highest BCUT2D eigenvalue weighted by molar-refractivity contribution is 5.96. The van der Waals surface area contributed by atoms with Crippen molar-refractivity contribution in [2.24, 2.45) is 7.05 Å². The minimum absolute atomic E-state index is 0.0447. The molecule has 0 radical (unpaired) electrons. The van der Waals surface area contributed by atoms with Gasteiger partial charge >= 0.3 is 6.09 Å². The van der Waals surface area contributed by atoms with Crippen LogP contribution in [-0.2, 0) is 23.1 Å². The Morgan fingerprint density at radius 3 is 2.50 bits per heavy atom. The Morgan fingerprint density at radius 1 is 1.12 bits per heavy atom. The van der Waals surface area contributed by atoms with Gasteiger partial charge in [0.15, 0.2) is 0 Å². The third-order valence-corrected chi connectivity index (χ3v) is 7.80. The van der Waals surface area contributed by atoms with E-state index in [2.05, 4.69) is 10.1 Å². The van der Waals surface area contributed by atoms with E-state index in [-0.39, 0.29) is 23.1 Å². The normalized spacial score (nSPS) is 17.6. The standard InChI is InChI=1S/C30H33F2N7O3/c1-16-28(40)36(5)15-23-25(35-27(39(16)23)18-13-38(14-18)29(41)42-30(2,3)4)19-8-7-9-22-20(19)10-21(26(31)32)24(34-22)17-11-33-37(6)12-17/h7-12,16,18,26H,13-15H2,1-6H3. The second-order valence-corrected chi connectivity index (χ2v) is 12.1. The molecule has 1 fully saturated rings. The molecule has 10 nitrogen and oxygen atoms in total. The van der Waals surface area contributed by atoms with Crippen LogP contribution in [0.4, 0.5) is 13.6 Å². The summed E-state index contributed by atoms with van der Waals surface area (Å²) in [6.07, 6.45) is 0.0385. The number of hydrogen-bond donors (Lipinski definition) is 0. The number of imidazole rings is 1. The number of carbonyl (C=O) groups excluding carboxylic acids is 2. The number of pyridine rings is 1. The maximum atomic E-state index is 14.4. The molecule has 2 aliphatic rings. The van der Waals surface area contributed by atoms with Gasteiger partial charge in [-0.2, -0.15) is 5.10 Å². The van der Waals surface area contributed by atoms with Crippen LogP contribution in [-0.4, -0.2) is 71.9 Å². The van der Waals surface area contributed by atoms with E-state index in [0.29, 0.717) is 53.2 Å². The summed E-state index contributed by atoms with van der Waals surface area (Å²) >= 11 is 0. The first kappa shape index (κ1) is 27.8. The zero-order valence-electron chi connectivity index (χ0n) is 24.4. The SMILES string of the molecule is CC1C(=O)N(C)Cc2c(-c3cccc4nc(-c5cnn(C)c5)c(C(F)F)cc34)nc(C3CN(C(=O)OC(C)(C)C)C3)n21. The number of hydrogen-bond acceptors (Lipinski definition) is 6. The number of alkyl halides is 2. The molecular weight excluding hydrogens is 544 g/mol. The van der Waals surface area contributed by atoms with E-state index in [1.54, 1.807) is 40.8 Å². The fraction of sp³-hybridized carbons (Fsp3) is 0.433. The molecule has 5 heterocycles. The number of aromatic nitrogens is 5. The van der Waals surface area contributed by atoms with Gasteiger partial charge in [-0.3, -0.25) is 9.48 Å². The second kappa shape index (κ2) is 9.88. The van der Waals surface area contributed by atoms with Crippen molar-refractivity contribution >= 4 is 22.9 Å². The first-order chi connectivity index (χ1) is 19.8. The summed E-state index contributed by atoms with van der Waals surface area (Å²) in [5, 5.41) is 4.67. The lowest BCUT2D eigenvalue weighted by atomic mass is 9.99. The van der Waals surface area contributed by atoms with Gasteiger partial charge < -0.3 is 19.1 Å². The molecule has 0 aliphatic carbocycles. The monoisotopic (exact) mass is 577 g/mol. The van der Waals surface area contributed by atoms with Gasteiger partial charge in [0.05, 0.1) is 41.3 Å². The summed E-state index contributed by atoms with van der Waals surface area (Å²) < 4.78 is 37.8. The zero-order valence-corrected chi connectivity index (χ0v) is 24.4. The highest BCUT2D eigenvalue weighted by Gasteiger charge is 2.41. The summed E-state index contributed by atoms with van der Waals surface area (Å²) in [7, 11) is 3.47. The Labute approximate surface area is 241 Å². The third-order valence-electron chi connectivity index (χ3n) is 7.80. The van der Waals surface area contributed by atoms with Gasteiger partial charge in [-0.25, -0.2) is 23.5 Å². The number of carbonyl (C=O) groups is 2. The Morgan fingerprint density at radius 2 is 1.86 bits per heavy atom. The van der Waals surface area contributed by atoms with Crippen molar-refractivity contribution in [2.75, 3.05) is 20.1 Å². The van der Waals surface area contributed by atoms with Gasteiger partial charge in [0.25, 0.3) is 6.43 Å². The predicted octanol–water partition coefficient (Wildman–Crippen LogP) is 5.30. The molecule has 6 rings (SSSR count). The molecule has 4 aromatic rings. The van der Waals surface area contributed by atoms with E-state index in [0.717, 1.165) is 5.69 Å². The lowest BCUT2D eigenvalue weighted by Gasteiger charge is -2.40. The van der Waals surface area contributed by atoms with Crippen LogP contribution in [0.25, 0.3) is 33.4 Å². The van der Waals surface area contributed by atoms with Crippen molar-refractivity contribution in [3.05, 3.63) is 53.7 Å². The summed E-state index contributed by atoms with van der Waals surface area (Å²) in [6, 6.07) is 6.46. The molecule has 1 unspecified atom stereocenters. The molecule has 0 bridgehead atoms. The molecular formula is C30H33F2N7O3. The van der Waals surface area contributed by atoms with Crippen LogP contribution >= 0.6 is 0 Å². The van der Waals surface area contributed by atoms with Gasteiger partial charge in [0.1, 0.15) is 17.5 Å². The lowest BCUT2D eigenvalue weighted by molar-refractivity contribution is -0.135. The van der Waals surface area contributed by atoms with Gasteiger partial charge in [0, 0.05) is 55.5 Å². The molecule has 1 aromatic carbocycles. The zero-order chi connectivity index (χ0) is 30.1. The van der Waals surface area contributed by atoms with Crippen molar-refractivity contribution < 1.29 is 23.1 Å². The molecule has 220 valence electrons. The van der Waals surface area contributed by atoms with Crippen LogP contribution in [0.3, 0.4) is 0 Å². The minimum Gasteiger partial charge on any atom is -0.444 e. The first-order valence-electron chi connectivity index (χ1n) is 13.9. The molecule has 12 heteroatoms. The molecule has 0 spiro atoms. The van der Waals surface area contributed by atoms with E-state index in [1.165, 1.54) is 12.3 Å². The maximum absolute atomic E-state index is 14.4. The average Bonchev–Trinajstić information content (AvgIpc) is 3.48. The smallest absolute Gasteiger partial charge is 0.410 e. The van der Waals surface area contributed by atoms with E-state index in [9.17, 15) is 18.4 Å². The highest BCUT2D eigenvalue weighted by Crippen LogP contribution is 2.41. The maximum Gasteiger partial charge on any atom is 0.410 e. The number of halogens is 2. The molecule has 42 heavy (non-hydrogen) atoms. The molecule has 3 aromatic heterocycles. The van der Waals surface area contributed by atoms with Crippen molar-refractivity contribution in [3.8, 4) is 22.5 Å². The quantitative estimate of drug-likeness (QED) is 0.326. The lowest BCUT2D eigenvalue weighted by Crippen LogP contribution is -2.51. The number of ether oxygens (including phenoxy) is 1. The van der Waals surface area contributed by atoms with Gasteiger partial charge in [-0.05, 0) is 39.8 Å². The van der Waals surface area contributed by atoms with Crippen molar-refractivity contribution in [2.45, 2.75) is 58.2 Å². The van der Waals surface area contributed by atoms with Gasteiger partial charge in [0.2, 0.25) is 5.91 Å². The molecule has 1 atom stereocenters. The molecule has 0 N–H and O–H groups in total. The number of likely N-dealkylation sites (tertiary alicyclic amines) is 1. The van der Waals surface area contributed by atoms with E-state index in [1.807, 2.05) is 44.4 Å². The van der Waals surface area contributed by atoms with Crippen LogP contribution in [0, 0.1) is 0 Å². The Kier molecular flexibility index (Phi) is 6.54. The summed E-state index contributed by atoms with van der Waals surface area (Å²) in [5.74, 6) is 0.544. The Hall–Kier alpha value is -4.35. The van der Waals surface area contributed by atoms with Crippen LogP contribution in [0.15, 0.2) is 36.7 Å². The summed E-state index contributed by atoms with van der Waals surface area (Å²) in [6.45, 7) is 8.42. The minimum atomic E-state index is -2.76. The van der Waals surface area contributed by atoms with Gasteiger partial charge in [-0.15, -0.1) is 0 Å².